The van der Waals surface area contributed by atoms with Gasteiger partial charge in [-0.2, -0.15) is 0 Å². The molecule has 9 nitrogen and oxygen atoms in total. The Bertz CT molecular complexity index is 1390. The van der Waals surface area contributed by atoms with Crippen LogP contribution in [0.25, 0.3) is 0 Å². The fraction of sp³-hybridized carbons (Fsp3) is 0.344. The van der Waals surface area contributed by atoms with Crippen LogP contribution in [0.4, 0.5) is 5.69 Å². The molecule has 0 spiro atoms. The SMILES string of the molecule is CC(C)(C)OC(=O)CC[C@]1(C(=O)NNc2ccccc2)N=C(c2ccc(OCCCO)cc2)O[C@H]1c1ccccc1Br. The second-order valence-corrected chi connectivity index (χ2v) is 11.7. The minimum atomic E-state index is -1.52. The molecule has 1 amide bonds. The molecule has 3 aromatic rings. The number of nitrogens with one attached hydrogen (secondary N) is 2. The summed E-state index contributed by atoms with van der Waals surface area (Å²) in [6, 6.07) is 23.9. The number of benzene rings is 3. The highest BCUT2D eigenvalue weighted by atomic mass is 79.9. The molecule has 0 unspecified atom stereocenters. The molecule has 3 aromatic carbocycles. The van der Waals surface area contributed by atoms with Crippen LogP contribution in [0, 0.1) is 0 Å². The molecule has 0 saturated carbocycles. The van der Waals surface area contributed by atoms with Gasteiger partial charge in [-0.3, -0.25) is 20.4 Å². The molecule has 0 fully saturated rings. The van der Waals surface area contributed by atoms with Crippen LogP contribution in [-0.2, 0) is 19.1 Å². The van der Waals surface area contributed by atoms with Gasteiger partial charge in [-0.1, -0.05) is 52.3 Å². The fourth-order valence-electron chi connectivity index (χ4n) is 4.48. The number of aliphatic hydroxyl groups is 1. The fourth-order valence-corrected chi connectivity index (χ4v) is 4.97. The van der Waals surface area contributed by atoms with Gasteiger partial charge >= 0.3 is 5.97 Å². The number of halogens is 1. The molecular formula is C32H36BrN3O6. The van der Waals surface area contributed by atoms with E-state index in [0.29, 0.717) is 35.6 Å². The number of rotatable bonds is 12. The maximum Gasteiger partial charge on any atom is 0.306 e. The highest BCUT2D eigenvalue weighted by Crippen LogP contribution is 2.45. The van der Waals surface area contributed by atoms with Crippen molar-refractivity contribution in [3.63, 3.8) is 0 Å². The van der Waals surface area contributed by atoms with Crippen LogP contribution in [0.1, 0.15) is 57.3 Å². The van der Waals surface area contributed by atoms with Gasteiger partial charge in [-0.25, -0.2) is 4.99 Å². The third-order valence-electron chi connectivity index (χ3n) is 6.44. The maximum atomic E-state index is 14.1. The lowest BCUT2D eigenvalue weighted by Gasteiger charge is -2.31. The van der Waals surface area contributed by atoms with E-state index in [1.165, 1.54) is 0 Å². The van der Waals surface area contributed by atoms with Gasteiger partial charge in [0.15, 0.2) is 11.6 Å². The number of nitrogens with zero attached hydrogens (tertiary/aromatic N) is 1. The Hall–Kier alpha value is -3.89. The predicted octanol–water partition coefficient (Wildman–Crippen LogP) is 5.73. The number of aliphatic imine (C=N–C) groups is 1. The molecule has 222 valence electrons. The van der Waals surface area contributed by atoms with E-state index in [-0.39, 0.29) is 25.3 Å². The van der Waals surface area contributed by atoms with E-state index in [4.69, 9.17) is 24.3 Å². The first-order valence-corrected chi connectivity index (χ1v) is 14.6. The monoisotopic (exact) mass is 637 g/mol. The Balaban J connectivity index is 1.72. The third kappa shape index (κ3) is 7.89. The molecule has 1 aliphatic heterocycles. The zero-order chi connectivity index (χ0) is 30.2. The summed E-state index contributed by atoms with van der Waals surface area (Å²) in [5.41, 5.74) is 5.60. The van der Waals surface area contributed by atoms with Gasteiger partial charge in [0.25, 0.3) is 5.91 Å². The number of ether oxygens (including phenoxy) is 3. The van der Waals surface area contributed by atoms with Crippen molar-refractivity contribution in [3.8, 4) is 5.75 Å². The van der Waals surface area contributed by atoms with Crippen molar-refractivity contribution in [2.75, 3.05) is 18.6 Å². The average Bonchev–Trinajstić information content (AvgIpc) is 3.36. The second-order valence-electron chi connectivity index (χ2n) is 10.8. The summed E-state index contributed by atoms with van der Waals surface area (Å²) in [5.74, 6) is -0.00919. The molecular weight excluding hydrogens is 602 g/mol. The van der Waals surface area contributed by atoms with Crippen molar-refractivity contribution in [1.82, 2.24) is 5.43 Å². The van der Waals surface area contributed by atoms with Gasteiger partial charge in [-0.05, 0) is 69.7 Å². The summed E-state index contributed by atoms with van der Waals surface area (Å²) in [5, 5.41) is 9.02. The zero-order valence-corrected chi connectivity index (χ0v) is 25.5. The van der Waals surface area contributed by atoms with E-state index >= 15 is 0 Å². The lowest BCUT2D eigenvalue weighted by molar-refractivity contribution is -0.155. The number of hydrogen-bond donors (Lipinski definition) is 3. The molecule has 4 rings (SSSR count). The summed E-state index contributed by atoms with van der Waals surface area (Å²) in [4.78, 5) is 31.9. The first-order chi connectivity index (χ1) is 20.1. The van der Waals surface area contributed by atoms with E-state index in [1.807, 2.05) is 54.6 Å². The highest BCUT2D eigenvalue weighted by Gasteiger charge is 2.54. The van der Waals surface area contributed by atoms with E-state index in [9.17, 15) is 9.59 Å². The van der Waals surface area contributed by atoms with Crippen LogP contribution >= 0.6 is 15.9 Å². The summed E-state index contributed by atoms with van der Waals surface area (Å²) in [6.07, 6.45) is -0.363. The number of carbonyl (C=O) groups excluding carboxylic acids is 2. The zero-order valence-electron chi connectivity index (χ0n) is 23.9. The number of carbonyl (C=O) groups is 2. The Morgan fingerprint density at radius 2 is 1.71 bits per heavy atom. The first kappa shape index (κ1) is 31.1. The van der Waals surface area contributed by atoms with Crippen LogP contribution in [0.2, 0.25) is 0 Å². The van der Waals surface area contributed by atoms with Crippen molar-refractivity contribution >= 4 is 39.4 Å². The number of hydrogen-bond acceptors (Lipinski definition) is 8. The number of anilines is 1. The molecule has 10 heteroatoms. The van der Waals surface area contributed by atoms with Gasteiger partial charge in [0.2, 0.25) is 5.90 Å². The predicted molar refractivity (Wildman–Crippen MR) is 164 cm³/mol. The molecule has 0 radical (unpaired) electrons. The van der Waals surface area contributed by atoms with Crippen LogP contribution in [-0.4, -0.2) is 47.2 Å². The van der Waals surface area contributed by atoms with Gasteiger partial charge < -0.3 is 19.3 Å². The van der Waals surface area contributed by atoms with Crippen molar-refractivity contribution in [2.45, 2.75) is 57.3 Å². The average molecular weight is 639 g/mol. The quantitative estimate of drug-likeness (QED) is 0.132. The highest BCUT2D eigenvalue weighted by molar-refractivity contribution is 9.10. The van der Waals surface area contributed by atoms with Crippen molar-refractivity contribution in [2.24, 2.45) is 4.99 Å². The van der Waals surface area contributed by atoms with E-state index < -0.39 is 29.1 Å². The third-order valence-corrected chi connectivity index (χ3v) is 7.16. The molecule has 0 saturated heterocycles. The topological polar surface area (TPSA) is 118 Å². The minimum Gasteiger partial charge on any atom is -0.494 e. The number of aliphatic hydroxyl groups excluding tert-OH is 1. The lowest BCUT2D eigenvalue weighted by Crippen LogP contribution is -2.50. The largest absolute Gasteiger partial charge is 0.494 e. The first-order valence-electron chi connectivity index (χ1n) is 13.8. The lowest BCUT2D eigenvalue weighted by atomic mass is 9.83. The molecule has 3 N–H and O–H groups in total. The van der Waals surface area contributed by atoms with E-state index in [1.54, 1.807) is 45.0 Å². The van der Waals surface area contributed by atoms with E-state index in [0.717, 1.165) is 4.47 Å². The van der Waals surface area contributed by atoms with E-state index in [2.05, 4.69) is 26.8 Å². The maximum absolute atomic E-state index is 14.1. The minimum absolute atomic E-state index is 0.0298. The van der Waals surface area contributed by atoms with Gasteiger partial charge in [0.05, 0.1) is 12.3 Å². The van der Waals surface area contributed by atoms with Gasteiger partial charge in [0.1, 0.15) is 11.4 Å². The summed E-state index contributed by atoms with van der Waals surface area (Å²) in [6.45, 7) is 5.83. The van der Waals surface area contributed by atoms with Crippen molar-refractivity contribution in [1.29, 1.82) is 0 Å². The second kappa shape index (κ2) is 13.8. The molecule has 0 aromatic heterocycles. The number of hydrazine groups is 1. The molecule has 0 bridgehead atoms. The van der Waals surface area contributed by atoms with Crippen LogP contribution < -0.4 is 15.6 Å². The molecule has 1 aliphatic rings. The van der Waals surface area contributed by atoms with Crippen molar-refractivity contribution < 1.29 is 28.9 Å². The number of amides is 1. The van der Waals surface area contributed by atoms with Gasteiger partial charge in [-0.15, -0.1) is 0 Å². The molecule has 1 heterocycles. The van der Waals surface area contributed by atoms with Crippen LogP contribution in [0.3, 0.4) is 0 Å². The summed E-state index contributed by atoms with van der Waals surface area (Å²) >= 11 is 3.61. The smallest absolute Gasteiger partial charge is 0.306 e. The van der Waals surface area contributed by atoms with Crippen molar-refractivity contribution in [3.05, 3.63) is 94.5 Å². The summed E-state index contributed by atoms with van der Waals surface area (Å²) < 4.78 is 18.4. The number of para-hydroxylation sites is 1. The van der Waals surface area contributed by atoms with Crippen LogP contribution in [0.5, 0.6) is 5.75 Å². The Labute approximate surface area is 254 Å². The van der Waals surface area contributed by atoms with Crippen LogP contribution in [0.15, 0.2) is 88.3 Å². The molecule has 2 atom stereocenters. The Kier molecular flexibility index (Phi) is 10.2. The molecule has 42 heavy (non-hydrogen) atoms. The van der Waals surface area contributed by atoms with Gasteiger partial charge in [0, 0.05) is 35.0 Å². The normalized spacial score (nSPS) is 18.0. The summed E-state index contributed by atoms with van der Waals surface area (Å²) in [7, 11) is 0. The Morgan fingerprint density at radius 1 is 1.02 bits per heavy atom. The Morgan fingerprint density at radius 3 is 2.38 bits per heavy atom. The number of esters is 1. The standard InChI is InChI=1S/C32H36BrN3O6/c1-31(2,3)42-27(38)18-19-32(30(39)36-35-23-10-5-4-6-11-23)28(25-12-7-8-13-26(25)33)41-29(34-32)22-14-16-24(17-15-22)40-21-9-20-37/h4-8,10-17,28,35,37H,9,18-21H2,1-3H3,(H,36,39)/t28-,32-/m0/s1. The molecule has 0 aliphatic carbocycles.